The fourth-order valence-corrected chi connectivity index (χ4v) is 5.28. The highest BCUT2D eigenvalue weighted by atomic mass is 32.2. The lowest BCUT2D eigenvalue weighted by Gasteiger charge is -2.29. The van der Waals surface area contributed by atoms with Gasteiger partial charge in [0.05, 0.1) is 10.9 Å². The molecule has 4 rings (SSSR count). The highest BCUT2D eigenvalue weighted by Gasteiger charge is 2.33. The Hall–Kier alpha value is -3.48. The predicted molar refractivity (Wildman–Crippen MR) is 134 cm³/mol. The lowest BCUT2D eigenvalue weighted by molar-refractivity contribution is -0.148. The van der Waals surface area contributed by atoms with Crippen molar-refractivity contribution in [3.63, 3.8) is 0 Å². The zero-order chi connectivity index (χ0) is 24.3. The molecule has 2 atom stereocenters. The van der Waals surface area contributed by atoms with Crippen molar-refractivity contribution >= 4 is 26.8 Å². The molecule has 6 heteroatoms. The molecule has 5 nitrogen and oxygen atoms in total. The molecule has 0 unspecified atom stereocenters. The van der Waals surface area contributed by atoms with Crippen molar-refractivity contribution in [2.45, 2.75) is 37.8 Å². The zero-order valence-corrected chi connectivity index (χ0v) is 20.2. The van der Waals surface area contributed by atoms with Crippen molar-refractivity contribution in [3.8, 4) is 0 Å². The normalized spacial score (nSPS) is 13.4. The monoisotopic (exact) mass is 473 g/mol. The van der Waals surface area contributed by atoms with Gasteiger partial charge in [-0.25, -0.2) is 8.42 Å². The third-order valence-corrected chi connectivity index (χ3v) is 7.29. The summed E-state index contributed by atoms with van der Waals surface area (Å²) in [5, 5.41) is 2.00. The summed E-state index contributed by atoms with van der Waals surface area (Å²) in [7, 11) is -3.92. The van der Waals surface area contributed by atoms with Gasteiger partial charge in [0.1, 0.15) is 6.10 Å². The quantitative estimate of drug-likeness (QED) is 0.345. The second-order valence-electron chi connectivity index (χ2n) is 8.41. The summed E-state index contributed by atoms with van der Waals surface area (Å²) < 4.78 is 35.5. The molecule has 0 aromatic heterocycles. The number of aryl methyl sites for hydroxylation is 2. The number of carbonyl (C=O) groups is 1. The molecule has 0 fully saturated rings. The number of ether oxygens (including phenoxy) is 1. The number of rotatable bonds is 7. The Bertz CT molecular complexity index is 1430. The summed E-state index contributed by atoms with van der Waals surface area (Å²) in [5.74, 6) is -0.492. The summed E-state index contributed by atoms with van der Waals surface area (Å²) in [5.41, 5.74) is 3.29. The number of carbonyl (C=O) groups excluding carboxylic acids is 1. The molecular formula is C28H27NO4S. The van der Waals surface area contributed by atoms with E-state index in [-0.39, 0.29) is 4.90 Å². The first-order chi connectivity index (χ1) is 16.2. The summed E-state index contributed by atoms with van der Waals surface area (Å²) in [6.07, 6.45) is -0.861. The van der Waals surface area contributed by atoms with Crippen LogP contribution < -0.4 is 4.72 Å². The highest BCUT2D eigenvalue weighted by Crippen LogP contribution is 2.36. The molecule has 0 aliphatic rings. The lowest BCUT2D eigenvalue weighted by atomic mass is 9.92. The first-order valence-corrected chi connectivity index (χ1v) is 12.5. The van der Waals surface area contributed by atoms with Gasteiger partial charge in [-0.05, 0) is 59.5 Å². The Morgan fingerprint density at radius 3 is 2.15 bits per heavy atom. The van der Waals surface area contributed by atoms with Gasteiger partial charge in [0, 0.05) is 6.92 Å². The van der Waals surface area contributed by atoms with Gasteiger partial charge in [0.15, 0.2) is 0 Å². The minimum Gasteiger partial charge on any atom is -0.456 e. The van der Waals surface area contributed by atoms with E-state index in [4.69, 9.17) is 4.74 Å². The first kappa shape index (κ1) is 23.7. The molecule has 174 valence electrons. The van der Waals surface area contributed by atoms with E-state index in [0.717, 1.165) is 27.5 Å². The van der Waals surface area contributed by atoms with E-state index in [1.54, 1.807) is 24.3 Å². The molecule has 1 N–H and O–H groups in total. The van der Waals surface area contributed by atoms with Gasteiger partial charge in [-0.2, -0.15) is 4.72 Å². The van der Waals surface area contributed by atoms with Crippen molar-refractivity contribution in [2.24, 2.45) is 0 Å². The largest absolute Gasteiger partial charge is 0.456 e. The van der Waals surface area contributed by atoms with Crippen LogP contribution in [0.25, 0.3) is 10.8 Å². The van der Waals surface area contributed by atoms with Gasteiger partial charge in [-0.3, -0.25) is 4.79 Å². The lowest BCUT2D eigenvalue weighted by Crippen LogP contribution is -2.34. The van der Waals surface area contributed by atoms with Crippen molar-refractivity contribution < 1.29 is 17.9 Å². The van der Waals surface area contributed by atoms with Crippen LogP contribution in [0.3, 0.4) is 0 Å². The molecule has 0 aliphatic heterocycles. The summed E-state index contributed by atoms with van der Waals surface area (Å²) in [4.78, 5) is 12.3. The van der Waals surface area contributed by atoms with Crippen molar-refractivity contribution in [1.29, 1.82) is 0 Å². The highest BCUT2D eigenvalue weighted by molar-refractivity contribution is 7.89. The molecular weight excluding hydrogens is 446 g/mol. The summed E-state index contributed by atoms with van der Waals surface area (Å²) >= 11 is 0. The summed E-state index contributed by atoms with van der Waals surface area (Å²) in [6, 6.07) is 26.9. The van der Waals surface area contributed by atoms with Gasteiger partial charge in [-0.1, -0.05) is 78.4 Å². The van der Waals surface area contributed by atoms with E-state index in [0.29, 0.717) is 5.56 Å². The maximum absolute atomic E-state index is 13.4. The second-order valence-corrected chi connectivity index (χ2v) is 10.1. The number of fused-ring (bicyclic) bond motifs is 1. The number of nitrogens with one attached hydrogen (secondary N) is 1. The van der Waals surface area contributed by atoms with Crippen LogP contribution in [0.15, 0.2) is 95.9 Å². The van der Waals surface area contributed by atoms with Gasteiger partial charge in [0.2, 0.25) is 10.0 Å². The third-order valence-electron chi connectivity index (χ3n) is 5.84. The van der Waals surface area contributed by atoms with Crippen LogP contribution in [-0.4, -0.2) is 14.4 Å². The maximum Gasteiger partial charge on any atom is 0.303 e. The Kier molecular flexibility index (Phi) is 6.82. The number of hydrogen-bond donors (Lipinski definition) is 1. The fourth-order valence-electron chi connectivity index (χ4n) is 4.05. The second kappa shape index (κ2) is 9.79. The average molecular weight is 474 g/mol. The molecule has 0 radical (unpaired) electrons. The predicted octanol–water partition coefficient (Wildman–Crippen LogP) is 5.78. The molecule has 0 aliphatic carbocycles. The molecule has 0 bridgehead atoms. The Labute approximate surface area is 200 Å². The molecule has 4 aromatic rings. The van der Waals surface area contributed by atoms with E-state index < -0.39 is 28.1 Å². The van der Waals surface area contributed by atoms with Crippen LogP contribution in [0, 0.1) is 13.8 Å². The van der Waals surface area contributed by atoms with Crippen LogP contribution in [-0.2, 0) is 19.6 Å². The van der Waals surface area contributed by atoms with E-state index in [1.807, 2.05) is 80.6 Å². The molecule has 4 aromatic carbocycles. The number of hydrogen-bond acceptors (Lipinski definition) is 4. The van der Waals surface area contributed by atoms with Crippen molar-refractivity contribution in [1.82, 2.24) is 4.72 Å². The molecule has 0 saturated heterocycles. The van der Waals surface area contributed by atoms with E-state index in [1.165, 1.54) is 6.92 Å². The molecule has 0 saturated carbocycles. The SMILES string of the molecule is CC(=O)O[C@@H](c1ccccc1C)[C@H](NS(=O)(=O)c1ccc(C)cc1)c1ccc2ccccc2c1. The van der Waals surface area contributed by atoms with E-state index in [2.05, 4.69) is 4.72 Å². The van der Waals surface area contributed by atoms with Crippen LogP contribution in [0.4, 0.5) is 0 Å². The van der Waals surface area contributed by atoms with Crippen LogP contribution in [0.1, 0.15) is 41.3 Å². The van der Waals surface area contributed by atoms with Crippen LogP contribution in [0.2, 0.25) is 0 Å². The molecule has 0 heterocycles. The molecule has 34 heavy (non-hydrogen) atoms. The van der Waals surface area contributed by atoms with Crippen molar-refractivity contribution in [2.75, 3.05) is 0 Å². The topological polar surface area (TPSA) is 72.5 Å². The van der Waals surface area contributed by atoms with Crippen LogP contribution >= 0.6 is 0 Å². The van der Waals surface area contributed by atoms with Gasteiger partial charge in [-0.15, -0.1) is 0 Å². The van der Waals surface area contributed by atoms with E-state index in [9.17, 15) is 13.2 Å². The van der Waals surface area contributed by atoms with Gasteiger partial charge >= 0.3 is 5.97 Å². The smallest absolute Gasteiger partial charge is 0.303 e. The number of benzene rings is 4. The van der Waals surface area contributed by atoms with Crippen LogP contribution in [0.5, 0.6) is 0 Å². The minimum absolute atomic E-state index is 0.148. The van der Waals surface area contributed by atoms with Gasteiger partial charge < -0.3 is 4.74 Å². The van der Waals surface area contributed by atoms with Gasteiger partial charge in [0.25, 0.3) is 0 Å². The van der Waals surface area contributed by atoms with E-state index >= 15 is 0 Å². The molecule has 0 amide bonds. The third kappa shape index (κ3) is 5.19. The standard InChI is InChI=1S/C28H27NO4S/c1-19-12-16-25(17-13-19)34(31,32)29-27(24-15-14-22-9-5-6-10-23(22)18-24)28(33-21(3)30)26-11-7-4-8-20(26)2/h4-18,27-29H,1-3H3/t27-,28+/m1/s1. The number of sulfonamides is 1. The first-order valence-electron chi connectivity index (χ1n) is 11.0. The summed E-state index contributed by atoms with van der Waals surface area (Å²) in [6.45, 7) is 5.14. The maximum atomic E-state index is 13.4. The Morgan fingerprint density at radius 1 is 0.824 bits per heavy atom. The zero-order valence-electron chi connectivity index (χ0n) is 19.4. The number of esters is 1. The molecule has 0 spiro atoms. The fraction of sp³-hybridized carbons (Fsp3) is 0.179. The Morgan fingerprint density at radius 2 is 1.47 bits per heavy atom. The average Bonchev–Trinajstić information content (AvgIpc) is 2.81. The minimum atomic E-state index is -3.92. The van der Waals surface area contributed by atoms with Crippen molar-refractivity contribution in [3.05, 3.63) is 113 Å². The Balaban J connectivity index is 1.87.